The van der Waals surface area contributed by atoms with Crippen LogP contribution in [0.5, 0.6) is 5.75 Å². The number of nitrogens with zero attached hydrogens (tertiary/aromatic N) is 1. The normalized spacial score (nSPS) is 11.9. The van der Waals surface area contributed by atoms with E-state index in [0.717, 1.165) is 11.3 Å². The molecule has 1 rings (SSSR count). The Morgan fingerprint density at radius 2 is 2.27 bits per heavy atom. The summed E-state index contributed by atoms with van der Waals surface area (Å²) < 4.78 is 5.36. The topological polar surface area (TPSA) is 45.0 Å². The molecule has 1 N–H and O–H groups in total. The van der Waals surface area contributed by atoms with E-state index in [-0.39, 0.29) is 12.6 Å². The van der Waals surface area contributed by atoms with Gasteiger partial charge in [0.15, 0.2) is 6.61 Å². The third kappa shape index (κ3) is 2.97. The third-order valence-corrected chi connectivity index (χ3v) is 2.36. The summed E-state index contributed by atoms with van der Waals surface area (Å²) in [5.74, 6) is 0.781. The van der Waals surface area contributed by atoms with Gasteiger partial charge in [-0.25, -0.2) is 0 Å². The predicted octanol–water partition coefficient (Wildman–Crippen LogP) is 2.18. The Hall–Kier alpha value is -1.53. The highest BCUT2D eigenvalue weighted by Crippen LogP contribution is 2.25. The lowest BCUT2D eigenvalue weighted by atomic mass is 10.0. The van der Waals surface area contributed by atoms with Crippen molar-refractivity contribution in [3.05, 3.63) is 29.3 Å². The molecule has 0 aliphatic heterocycles. The molecule has 0 saturated carbocycles. The van der Waals surface area contributed by atoms with E-state index in [2.05, 4.69) is 18.3 Å². The van der Waals surface area contributed by atoms with E-state index in [1.807, 2.05) is 32.2 Å². The van der Waals surface area contributed by atoms with Crippen LogP contribution in [0.2, 0.25) is 0 Å². The minimum atomic E-state index is 0.0898. The van der Waals surface area contributed by atoms with Crippen LogP contribution in [0.15, 0.2) is 18.2 Å². The van der Waals surface area contributed by atoms with Gasteiger partial charge in [0.1, 0.15) is 11.8 Å². The quantitative estimate of drug-likeness (QED) is 0.817. The second kappa shape index (κ2) is 5.38. The predicted molar refractivity (Wildman–Crippen MR) is 59.8 cm³/mol. The zero-order valence-corrected chi connectivity index (χ0v) is 9.37. The van der Waals surface area contributed by atoms with Crippen molar-refractivity contribution in [2.75, 3.05) is 13.7 Å². The lowest BCUT2D eigenvalue weighted by Gasteiger charge is -2.16. The zero-order chi connectivity index (χ0) is 11.3. The molecular formula is C12H16N2O. The first-order valence-corrected chi connectivity index (χ1v) is 4.96. The fourth-order valence-electron chi connectivity index (χ4n) is 1.40. The summed E-state index contributed by atoms with van der Waals surface area (Å²) in [5, 5.41) is 11.6. The molecule has 0 fully saturated rings. The summed E-state index contributed by atoms with van der Waals surface area (Å²) in [6.45, 7) is 4.19. The molecule has 0 bridgehead atoms. The molecule has 0 radical (unpaired) electrons. The molecule has 1 unspecified atom stereocenters. The summed E-state index contributed by atoms with van der Waals surface area (Å²) in [6.07, 6.45) is 0. The fraction of sp³-hybridized carbons (Fsp3) is 0.417. The first-order chi connectivity index (χ1) is 7.19. The largest absolute Gasteiger partial charge is 0.478 e. The van der Waals surface area contributed by atoms with Crippen molar-refractivity contribution >= 4 is 0 Å². The highest BCUT2D eigenvalue weighted by molar-refractivity contribution is 5.39. The number of nitriles is 1. The Morgan fingerprint density at radius 1 is 1.53 bits per heavy atom. The van der Waals surface area contributed by atoms with Crippen LogP contribution in [-0.4, -0.2) is 13.7 Å². The number of ether oxygens (including phenoxy) is 1. The van der Waals surface area contributed by atoms with Crippen molar-refractivity contribution in [3.63, 3.8) is 0 Å². The summed E-state index contributed by atoms with van der Waals surface area (Å²) >= 11 is 0. The van der Waals surface area contributed by atoms with Crippen LogP contribution in [0.4, 0.5) is 0 Å². The second-order valence-corrected chi connectivity index (χ2v) is 3.50. The van der Waals surface area contributed by atoms with Crippen LogP contribution < -0.4 is 10.1 Å². The van der Waals surface area contributed by atoms with Gasteiger partial charge in [-0.3, -0.25) is 0 Å². The number of nitrogens with one attached hydrogen (secondary N) is 1. The average Bonchev–Trinajstić information content (AvgIpc) is 2.26. The summed E-state index contributed by atoms with van der Waals surface area (Å²) in [5.41, 5.74) is 2.28. The van der Waals surface area contributed by atoms with Crippen molar-refractivity contribution in [1.82, 2.24) is 5.32 Å². The Kier molecular flexibility index (Phi) is 4.14. The van der Waals surface area contributed by atoms with E-state index in [0.29, 0.717) is 0 Å². The van der Waals surface area contributed by atoms with E-state index < -0.39 is 0 Å². The van der Waals surface area contributed by atoms with Crippen LogP contribution in [-0.2, 0) is 0 Å². The third-order valence-electron chi connectivity index (χ3n) is 2.36. The number of hydrogen-bond acceptors (Lipinski definition) is 3. The van der Waals surface area contributed by atoms with E-state index in [4.69, 9.17) is 10.00 Å². The Bertz CT molecular complexity index is 368. The minimum absolute atomic E-state index is 0.0898. The number of rotatable bonds is 4. The van der Waals surface area contributed by atoms with E-state index in [1.54, 1.807) is 0 Å². The van der Waals surface area contributed by atoms with Gasteiger partial charge in [0.2, 0.25) is 0 Å². The zero-order valence-electron chi connectivity index (χ0n) is 9.37. The van der Waals surface area contributed by atoms with Crippen LogP contribution in [0.3, 0.4) is 0 Å². The first kappa shape index (κ1) is 11.5. The highest BCUT2D eigenvalue weighted by Gasteiger charge is 2.09. The minimum Gasteiger partial charge on any atom is -0.478 e. The monoisotopic (exact) mass is 204 g/mol. The summed E-state index contributed by atoms with van der Waals surface area (Å²) in [7, 11) is 1.90. The standard InChI is InChI=1S/C12H16N2O/c1-9-4-5-12(15-7-6-13)11(8-9)10(2)14-3/h4-5,8,10,14H,7H2,1-3H3. The van der Waals surface area contributed by atoms with Crippen LogP contribution in [0.1, 0.15) is 24.1 Å². The number of aryl methyl sites for hydroxylation is 1. The molecule has 0 amide bonds. The van der Waals surface area contributed by atoms with Crippen molar-refractivity contribution < 1.29 is 4.74 Å². The van der Waals surface area contributed by atoms with Gasteiger partial charge in [-0.15, -0.1) is 0 Å². The summed E-state index contributed by atoms with van der Waals surface area (Å²) in [4.78, 5) is 0. The molecule has 0 saturated heterocycles. The van der Waals surface area contributed by atoms with Gasteiger partial charge in [-0.1, -0.05) is 17.7 Å². The maximum atomic E-state index is 8.48. The smallest absolute Gasteiger partial charge is 0.174 e. The molecule has 1 aromatic carbocycles. The molecule has 3 heteroatoms. The molecule has 0 aliphatic rings. The molecule has 3 nitrogen and oxygen atoms in total. The van der Waals surface area contributed by atoms with Crippen LogP contribution >= 0.6 is 0 Å². The van der Waals surface area contributed by atoms with Gasteiger partial charge in [-0.05, 0) is 27.0 Å². The van der Waals surface area contributed by atoms with E-state index in [1.165, 1.54) is 5.56 Å². The van der Waals surface area contributed by atoms with E-state index in [9.17, 15) is 0 Å². The number of benzene rings is 1. The van der Waals surface area contributed by atoms with Gasteiger partial charge < -0.3 is 10.1 Å². The number of hydrogen-bond donors (Lipinski definition) is 1. The Balaban J connectivity index is 2.98. The highest BCUT2D eigenvalue weighted by atomic mass is 16.5. The molecule has 0 spiro atoms. The maximum absolute atomic E-state index is 8.48. The molecule has 0 heterocycles. The molecule has 1 atom stereocenters. The van der Waals surface area contributed by atoms with Gasteiger partial charge in [0.25, 0.3) is 0 Å². The second-order valence-electron chi connectivity index (χ2n) is 3.50. The molecule has 0 aromatic heterocycles. The average molecular weight is 204 g/mol. The Morgan fingerprint density at radius 3 is 2.87 bits per heavy atom. The van der Waals surface area contributed by atoms with Crippen LogP contribution in [0, 0.1) is 18.3 Å². The summed E-state index contributed by atoms with van der Waals surface area (Å²) in [6, 6.07) is 8.17. The van der Waals surface area contributed by atoms with E-state index >= 15 is 0 Å². The fourth-order valence-corrected chi connectivity index (χ4v) is 1.40. The van der Waals surface area contributed by atoms with Gasteiger partial charge in [0, 0.05) is 11.6 Å². The molecule has 1 aromatic rings. The van der Waals surface area contributed by atoms with Crippen molar-refractivity contribution in [2.24, 2.45) is 0 Å². The lowest BCUT2D eigenvalue weighted by molar-refractivity contribution is 0.360. The van der Waals surface area contributed by atoms with Crippen molar-refractivity contribution in [2.45, 2.75) is 19.9 Å². The maximum Gasteiger partial charge on any atom is 0.174 e. The molecule has 0 aliphatic carbocycles. The first-order valence-electron chi connectivity index (χ1n) is 4.96. The lowest BCUT2D eigenvalue weighted by Crippen LogP contribution is -2.14. The van der Waals surface area contributed by atoms with Crippen LogP contribution in [0.25, 0.3) is 0 Å². The molecule has 80 valence electrons. The SMILES string of the molecule is CNC(C)c1cc(C)ccc1OCC#N. The van der Waals surface area contributed by atoms with Gasteiger partial charge >= 0.3 is 0 Å². The molecular weight excluding hydrogens is 188 g/mol. The van der Waals surface area contributed by atoms with Gasteiger partial charge in [-0.2, -0.15) is 5.26 Å². The van der Waals surface area contributed by atoms with Crippen molar-refractivity contribution in [3.8, 4) is 11.8 Å². The Labute approximate surface area is 90.7 Å². The molecule has 15 heavy (non-hydrogen) atoms. The van der Waals surface area contributed by atoms with Gasteiger partial charge in [0.05, 0.1) is 0 Å². The van der Waals surface area contributed by atoms with Crippen molar-refractivity contribution in [1.29, 1.82) is 5.26 Å².